The topological polar surface area (TPSA) is 53.0 Å². The summed E-state index contributed by atoms with van der Waals surface area (Å²) in [5.74, 6) is 0.712. The van der Waals surface area contributed by atoms with Crippen molar-refractivity contribution in [3.63, 3.8) is 0 Å². The van der Waals surface area contributed by atoms with Gasteiger partial charge in [0.15, 0.2) is 0 Å². The molecule has 6 heteroatoms. The van der Waals surface area contributed by atoms with E-state index in [0.717, 1.165) is 62.0 Å². The molecule has 0 spiro atoms. The Bertz CT molecular complexity index is 525. The van der Waals surface area contributed by atoms with Crippen LogP contribution >= 0.6 is 11.8 Å². The van der Waals surface area contributed by atoms with Gasteiger partial charge >= 0.3 is 5.97 Å². The van der Waals surface area contributed by atoms with Crippen molar-refractivity contribution in [3.8, 4) is 0 Å². The summed E-state index contributed by atoms with van der Waals surface area (Å²) >= 11 is 1.65. The first-order chi connectivity index (χ1) is 12.0. The lowest BCUT2D eigenvalue weighted by atomic mass is 10.0. The Kier molecular flexibility index (Phi) is 7.84. The third-order valence-corrected chi connectivity index (χ3v) is 5.68. The standard InChI is InChI=1S/C19H32N2O3S/c1-5-25-18-17(19(22)23)15(4)13-16(20-9-11-24-12-10-20)21(18)8-6-7-14(2)3/h13-14,16H,5-12H2,1-4H3,(H,22,23). The molecular formula is C19H32N2O3S. The van der Waals surface area contributed by atoms with Crippen LogP contribution in [-0.2, 0) is 9.53 Å². The molecule has 2 rings (SSSR count). The lowest BCUT2D eigenvalue weighted by molar-refractivity contribution is -0.132. The van der Waals surface area contributed by atoms with E-state index in [0.29, 0.717) is 11.5 Å². The van der Waals surface area contributed by atoms with Crippen LogP contribution < -0.4 is 0 Å². The molecule has 1 atom stereocenters. The predicted octanol–water partition coefficient (Wildman–Crippen LogP) is 3.39. The summed E-state index contributed by atoms with van der Waals surface area (Å²) < 4.78 is 5.51. The van der Waals surface area contributed by atoms with Crippen molar-refractivity contribution in [2.45, 2.75) is 46.7 Å². The van der Waals surface area contributed by atoms with E-state index in [2.05, 4.69) is 36.6 Å². The maximum absolute atomic E-state index is 11.9. The van der Waals surface area contributed by atoms with E-state index in [1.807, 2.05) is 6.92 Å². The Labute approximate surface area is 156 Å². The van der Waals surface area contributed by atoms with E-state index in [4.69, 9.17) is 4.74 Å². The molecule has 1 unspecified atom stereocenters. The molecule has 2 aliphatic heterocycles. The Morgan fingerprint density at radius 2 is 2.08 bits per heavy atom. The molecule has 2 aliphatic rings. The number of carboxylic acids is 1. The number of carbonyl (C=O) groups is 1. The third kappa shape index (κ3) is 5.25. The van der Waals surface area contributed by atoms with E-state index >= 15 is 0 Å². The maximum atomic E-state index is 11.9. The van der Waals surface area contributed by atoms with Gasteiger partial charge in [-0.1, -0.05) is 20.8 Å². The van der Waals surface area contributed by atoms with Crippen LogP contribution in [0.2, 0.25) is 0 Å². The maximum Gasteiger partial charge on any atom is 0.338 e. The van der Waals surface area contributed by atoms with Crippen molar-refractivity contribution in [1.82, 2.24) is 9.80 Å². The smallest absolute Gasteiger partial charge is 0.338 e. The zero-order valence-electron chi connectivity index (χ0n) is 16.0. The normalized spacial score (nSPS) is 22.5. The second-order valence-corrected chi connectivity index (χ2v) is 8.31. The molecule has 5 nitrogen and oxygen atoms in total. The van der Waals surface area contributed by atoms with Crippen molar-refractivity contribution in [2.24, 2.45) is 5.92 Å². The van der Waals surface area contributed by atoms with Crippen LogP contribution in [0.1, 0.15) is 40.5 Å². The molecular weight excluding hydrogens is 336 g/mol. The van der Waals surface area contributed by atoms with Gasteiger partial charge in [0.2, 0.25) is 0 Å². The van der Waals surface area contributed by atoms with Crippen LogP contribution in [0.5, 0.6) is 0 Å². The minimum Gasteiger partial charge on any atom is -0.478 e. The van der Waals surface area contributed by atoms with Crippen LogP contribution in [0.3, 0.4) is 0 Å². The van der Waals surface area contributed by atoms with Crippen molar-refractivity contribution < 1.29 is 14.6 Å². The molecule has 0 radical (unpaired) electrons. The van der Waals surface area contributed by atoms with Crippen LogP contribution in [0, 0.1) is 5.92 Å². The highest BCUT2D eigenvalue weighted by Gasteiger charge is 2.34. The van der Waals surface area contributed by atoms with Gasteiger partial charge in [-0.15, -0.1) is 11.8 Å². The number of carboxylic acid groups (broad SMARTS) is 1. The molecule has 0 aliphatic carbocycles. The van der Waals surface area contributed by atoms with Gasteiger partial charge in [-0.2, -0.15) is 0 Å². The van der Waals surface area contributed by atoms with Crippen molar-refractivity contribution in [3.05, 3.63) is 22.3 Å². The largest absolute Gasteiger partial charge is 0.478 e. The Morgan fingerprint density at radius 1 is 1.40 bits per heavy atom. The first kappa shape index (κ1) is 20.3. The number of rotatable bonds is 8. The second-order valence-electron chi connectivity index (χ2n) is 7.06. The molecule has 142 valence electrons. The highest BCUT2D eigenvalue weighted by Crippen LogP contribution is 2.36. The van der Waals surface area contributed by atoms with Crippen molar-refractivity contribution in [1.29, 1.82) is 0 Å². The van der Waals surface area contributed by atoms with Gasteiger partial charge in [0, 0.05) is 19.6 Å². The van der Waals surface area contributed by atoms with Crippen LogP contribution in [0.15, 0.2) is 22.3 Å². The number of hydrogen-bond donors (Lipinski definition) is 1. The van der Waals surface area contributed by atoms with Gasteiger partial charge in [-0.3, -0.25) is 4.90 Å². The molecule has 1 fully saturated rings. The SMILES string of the molecule is CCSC1=C(C(=O)O)C(C)=CC(N2CCOCC2)N1CCCC(C)C. The minimum absolute atomic E-state index is 0.133. The lowest BCUT2D eigenvalue weighted by Crippen LogP contribution is -2.52. The highest BCUT2D eigenvalue weighted by atomic mass is 32.2. The minimum atomic E-state index is -0.820. The number of morpholine rings is 1. The van der Waals surface area contributed by atoms with E-state index in [1.165, 1.54) is 0 Å². The first-order valence-corrected chi connectivity index (χ1v) is 10.3. The fourth-order valence-electron chi connectivity index (χ4n) is 3.43. The van der Waals surface area contributed by atoms with Gasteiger partial charge in [0.25, 0.3) is 0 Å². The molecule has 1 N–H and O–H groups in total. The summed E-state index contributed by atoms with van der Waals surface area (Å²) in [5, 5.41) is 10.7. The molecule has 2 heterocycles. The summed E-state index contributed by atoms with van der Waals surface area (Å²) in [4.78, 5) is 16.6. The van der Waals surface area contributed by atoms with Crippen LogP contribution in [0.4, 0.5) is 0 Å². The summed E-state index contributed by atoms with van der Waals surface area (Å²) in [6, 6.07) is 0. The molecule has 0 aromatic heterocycles. The Hall–Kier alpha value is -0.980. The van der Waals surface area contributed by atoms with E-state index in [1.54, 1.807) is 11.8 Å². The fraction of sp³-hybridized carbons (Fsp3) is 0.737. The number of hydrogen-bond acceptors (Lipinski definition) is 5. The van der Waals surface area contributed by atoms with Gasteiger partial charge in [-0.25, -0.2) is 4.79 Å². The van der Waals surface area contributed by atoms with Gasteiger partial charge < -0.3 is 14.7 Å². The zero-order valence-corrected chi connectivity index (χ0v) is 16.8. The second kappa shape index (κ2) is 9.64. The molecule has 0 aromatic carbocycles. The highest BCUT2D eigenvalue weighted by molar-refractivity contribution is 8.03. The number of thioether (sulfide) groups is 1. The number of nitrogens with zero attached hydrogens (tertiary/aromatic N) is 2. The van der Waals surface area contributed by atoms with Gasteiger partial charge in [-0.05, 0) is 43.1 Å². The quantitative estimate of drug-likeness (QED) is 0.709. The number of aliphatic carboxylic acids is 1. The molecule has 0 aromatic rings. The van der Waals surface area contributed by atoms with Crippen molar-refractivity contribution >= 4 is 17.7 Å². The number of ether oxygens (including phenoxy) is 1. The van der Waals surface area contributed by atoms with Crippen molar-refractivity contribution in [2.75, 3.05) is 38.6 Å². The van der Waals surface area contributed by atoms with Crippen LogP contribution in [-0.4, -0.2) is 65.6 Å². The fourth-order valence-corrected chi connectivity index (χ4v) is 4.46. The Balaban J connectivity index is 2.31. The molecule has 25 heavy (non-hydrogen) atoms. The first-order valence-electron chi connectivity index (χ1n) is 9.33. The molecule has 0 saturated carbocycles. The Morgan fingerprint density at radius 3 is 2.64 bits per heavy atom. The monoisotopic (exact) mass is 368 g/mol. The molecule has 0 bridgehead atoms. The predicted molar refractivity (Wildman–Crippen MR) is 104 cm³/mol. The molecule has 0 amide bonds. The lowest BCUT2D eigenvalue weighted by Gasteiger charge is -2.44. The third-order valence-electron chi connectivity index (χ3n) is 4.68. The van der Waals surface area contributed by atoms with E-state index < -0.39 is 5.97 Å². The summed E-state index contributed by atoms with van der Waals surface area (Å²) in [5.41, 5.74) is 1.35. The van der Waals surface area contributed by atoms with Gasteiger partial charge in [0.1, 0.15) is 6.17 Å². The van der Waals surface area contributed by atoms with E-state index in [-0.39, 0.29) is 6.17 Å². The molecule has 1 saturated heterocycles. The zero-order chi connectivity index (χ0) is 18.4. The average molecular weight is 369 g/mol. The summed E-state index contributed by atoms with van der Waals surface area (Å²) in [6.07, 6.45) is 4.49. The van der Waals surface area contributed by atoms with E-state index in [9.17, 15) is 9.90 Å². The van der Waals surface area contributed by atoms with Gasteiger partial charge in [0.05, 0.1) is 23.8 Å². The summed E-state index contributed by atoms with van der Waals surface area (Å²) in [7, 11) is 0. The van der Waals surface area contributed by atoms with Crippen LogP contribution in [0.25, 0.3) is 0 Å². The average Bonchev–Trinajstić information content (AvgIpc) is 2.56. The summed E-state index contributed by atoms with van der Waals surface area (Å²) in [6.45, 7) is 12.6.